The van der Waals surface area contributed by atoms with Crippen LogP contribution in [0.15, 0.2) is 25.3 Å². The molecule has 1 rings (SSSR count). The summed E-state index contributed by atoms with van der Waals surface area (Å²) in [6.45, 7) is 14.9. The van der Waals surface area contributed by atoms with Crippen molar-refractivity contribution in [2.45, 2.75) is 38.8 Å². The van der Waals surface area contributed by atoms with Crippen LogP contribution in [0.5, 0.6) is 0 Å². The molecule has 2 N–H and O–H groups in total. The highest BCUT2D eigenvalue weighted by molar-refractivity contribution is 5.78. The van der Waals surface area contributed by atoms with Crippen molar-refractivity contribution in [2.75, 3.05) is 39.3 Å². The molecule has 136 valence electrons. The van der Waals surface area contributed by atoms with Crippen molar-refractivity contribution in [3.63, 3.8) is 0 Å². The lowest BCUT2D eigenvalue weighted by molar-refractivity contribution is -0.127. The normalized spacial score (nSPS) is 21.9. The number of hydrogen-bond acceptors (Lipinski definition) is 4. The number of amides is 2. The monoisotopic (exact) mass is 336 g/mol. The quantitative estimate of drug-likeness (QED) is 0.578. The molecule has 0 unspecified atom stereocenters. The Morgan fingerprint density at radius 2 is 1.29 bits per heavy atom. The second-order valence-electron chi connectivity index (χ2n) is 6.17. The van der Waals surface area contributed by atoms with Crippen molar-refractivity contribution in [1.29, 1.82) is 0 Å². The maximum Gasteiger partial charge on any atom is 0.234 e. The Kier molecular flexibility index (Phi) is 9.34. The van der Waals surface area contributed by atoms with Crippen LogP contribution < -0.4 is 10.6 Å². The Balaban J connectivity index is 2.64. The predicted octanol–water partition coefficient (Wildman–Crippen LogP) is 0.766. The van der Waals surface area contributed by atoms with E-state index >= 15 is 0 Å². The summed E-state index contributed by atoms with van der Waals surface area (Å²) in [6.07, 6.45) is 5.28. The van der Waals surface area contributed by atoms with Crippen molar-refractivity contribution in [3.8, 4) is 0 Å². The summed E-state index contributed by atoms with van der Waals surface area (Å²) in [5.74, 6) is 0.0563. The Hall–Kier alpha value is -1.66. The van der Waals surface area contributed by atoms with Crippen LogP contribution in [-0.4, -0.2) is 73.0 Å². The highest BCUT2D eigenvalue weighted by Gasteiger charge is 2.33. The first-order valence-corrected chi connectivity index (χ1v) is 8.78. The molecule has 1 fully saturated rings. The second kappa shape index (κ2) is 11.0. The number of nitrogens with one attached hydrogen (secondary N) is 2. The third-order valence-corrected chi connectivity index (χ3v) is 4.45. The van der Waals surface area contributed by atoms with E-state index in [1.807, 2.05) is 0 Å². The third-order valence-electron chi connectivity index (χ3n) is 4.45. The summed E-state index contributed by atoms with van der Waals surface area (Å²) in [5, 5.41) is 5.68. The molecule has 0 aromatic carbocycles. The van der Waals surface area contributed by atoms with Crippen molar-refractivity contribution >= 4 is 11.8 Å². The average molecular weight is 336 g/mol. The highest BCUT2D eigenvalue weighted by Crippen LogP contribution is 2.19. The van der Waals surface area contributed by atoms with E-state index in [0.717, 1.165) is 25.9 Å². The molecule has 0 aromatic heterocycles. The molecule has 1 aliphatic heterocycles. The van der Waals surface area contributed by atoms with Gasteiger partial charge < -0.3 is 10.6 Å². The van der Waals surface area contributed by atoms with Crippen LogP contribution in [0.3, 0.4) is 0 Å². The van der Waals surface area contributed by atoms with E-state index in [-0.39, 0.29) is 23.9 Å². The fraction of sp³-hybridized carbons (Fsp3) is 0.667. The first-order chi connectivity index (χ1) is 11.5. The van der Waals surface area contributed by atoms with Crippen molar-refractivity contribution in [1.82, 2.24) is 20.4 Å². The van der Waals surface area contributed by atoms with Gasteiger partial charge >= 0.3 is 0 Å². The summed E-state index contributed by atoms with van der Waals surface area (Å²) in [5.41, 5.74) is 0. The first-order valence-electron chi connectivity index (χ1n) is 8.78. The molecule has 0 radical (unpaired) electrons. The minimum atomic E-state index is 0.0281. The summed E-state index contributed by atoms with van der Waals surface area (Å²) < 4.78 is 0. The molecule has 2 atom stereocenters. The van der Waals surface area contributed by atoms with Gasteiger partial charge in [-0.3, -0.25) is 19.4 Å². The van der Waals surface area contributed by atoms with E-state index in [2.05, 4.69) is 47.4 Å². The van der Waals surface area contributed by atoms with Gasteiger partial charge in [-0.1, -0.05) is 26.0 Å². The molecule has 1 saturated heterocycles. The maximum atomic E-state index is 12.0. The molecule has 0 bridgehead atoms. The Bertz CT molecular complexity index is 399. The van der Waals surface area contributed by atoms with E-state index in [0.29, 0.717) is 26.2 Å². The number of nitrogens with zero attached hydrogens (tertiary/aromatic N) is 2. The smallest absolute Gasteiger partial charge is 0.234 e. The van der Waals surface area contributed by atoms with Gasteiger partial charge in [0.05, 0.1) is 13.1 Å². The Labute approximate surface area is 146 Å². The van der Waals surface area contributed by atoms with E-state index in [4.69, 9.17) is 0 Å². The predicted molar refractivity (Wildman–Crippen MR) is 97.7 cm³/mol. The topological polar surface area (TPSA) is 64.7 Å². The van der Waals surface area contributed by atoms with Crippen LogP contribution in [-0.2, 0) is 9.59 Å². The molecule has 2 amide bonds. The van der Waals surface area contributed by atoms with Gasteiger partial charge in [-0.2, -0.15) is 0 Å². The molecule has 1 aliphatic rings. The maximum absolute atomic E-state index is 12.0. The van der Waals surface area contributed by atoms with Crippen LogP contribution in [0.25, 0.3) is 0 Å². The zero-order chi connectivity index (χ0) is 17.9. The lowest BCUT2D eigenvalue weighted by Gasteiger charge is -2.45. The Morgan fingerprint density at radius 3 is 1.58 bits per heavy atom. The fourth-order valence-electron chi connectivity index (χ4n) is 3.09. The van der Waals surface area contributed by atoms with Crippen LogP contribution in [0.1, 0.15) is 26.7 Å². The lowest BCUT2D eigenvalue weighted by atomic mass is 10.0. The molecule has 0 aromatic rings. The van der Waals surface area contributed by atoms with E-state index in [1.54, 1.807) is 12.2 Å². The molecule has 6 heteroatoms. The van der Waals surface area contributed by atoms with Crippen molar-refractivity contribution in [3.05, 3.63) is 25.3 Å². The molecule has 0 aliphatic carbocycles. The summed E-state index contributed by atoms with van der Waals surface area (Å²) in [4.78, 5) is 28.5. The van der Waals surface area contributed by atoms with E-state index in [9.17, 15) is 9.59 Å². The Morgan fingerprint density at radius 1 is 0.917 bits per heavy atom. The van der Waals surface area contributed by atoms with Gasteiger partial charge in [0.15, 0.2) is 0 Å². The van der Waals surface area contributed by atoms with Gasteiger partial charge in [-0.15, -0.1) is 13.2 Å². The van der Waals surface area contributed by atoms with Crippen LogP contribution in [0, 0.1) is 0 Å². The number of carbonyl (C=O) groups is 2. The SMILES string of the molecule is C=CCNC(=O)CN1C[C@H](CC)N(CC(=O)NCC=C)C[C@@H]1CC. The minimum absolute atomic E-state index is 0.0281. The average Bonchev–Trinajstić information content (AvgIpc) is 2.58. The molecule has 1 heterocycles. The first kappa shape index (κ1) is 20.4. The second-order valence-corrected chi connectivity index (χ2v) is 6.17. The van der Waals surface area contributed by atoms with Gasteiger partial charge in [0.25, 0.3) is 0 Å². The van der Waals surface area contributed by atoms with E-state index in [1.165, 1.54) is 0 Å². The van der Waals surface area contributed by atoms with Gasteiger partial charge in [0.2, 0.25) is 11.8 Å². The molecular formula is C18H32N4O2. The highest BCUT2D eigenvalue weighted by atomic mass is 16.2. The zero-order valence-corrected chi connectivity index (χ0v) is 15.1. The largest absolute Gasteiger partial charge is 0.352 e. The molecule has 0 saturated carbocycles. The lowest BCUT2D eigenvalue weighted by Crippen LogP contribution is -2.60. The summed E-state index contributed by atoms with van der Waals surface area (Å²) in [6, 6.07) is 0.573. The molecule has 24 heavy (non-hydrogen) atoms. The molecule has 0 spiro atoms. The molecule has 6 nitrogen and oxygen atoms in total. The summed E-state index contributed by atoms with van der Waals surface area (Å²) in [7, 11) is 0. The van der Waals surface area contributed by atoms with Gasteiger partial charge in [-0.25, -0.2) is 0 Å². The number of piperazine rings is 1. The van der Waals surface area contributed by atoms with Gasteiger partial charge in [-0.05, 0) is 12.8 Å². The van der Waals surface area contributed by atoms with Crippen LogP contribution in [0.4, 0.5) is 0 Å². The van der Waals surface area contributed by atoms with Gasteiger partial charge in [0, 0.05) is 38.3 Å². The minimum Gasteiger partial charge on any atom is -0.352 e. The van der Waals surface area contributed by atoms with Crippen LogP contribution >= 0.6 is 0 Å². The standard InChI is InChI=1S/C18H32N4O2/c1-5-9-19-17(23)13-21-11-16(8-4)22(12-15(21)7-3)14-18(24)20-10-6-2/h5-6,15-16H,1-2,7-14H2,3-4H3,(H,19,23)(H,20,24)/t15-,16-/m0/s1. The number of rotatable bonds is 10. The van der Waals surface area contributed by atoms with Crippen molar-refractivity contribution in [2.24, 2.45) is 0 Å². The van der Waals surface area contributed by atoms with Crippen molar-refractivity contribution < 1.29 is 9.59 Å². The third kappa shape index (κ3) is 6.45. The molecular weight excluding hydrogens is 304 g/mol. The number of carbonyl (C=O) groups excluding carboxylic acids is 2. The fourth-order valence-corrected chi connectivity index (χ4v) is 3.09. The van der Waals surface area contributed by atoms with Crippen LogP contribution in [0.2, 0.25) is 0 Å². The number of hydrogen-bond donors (Lipinski definition) is 2. The zero-order valence-electron chi connectivity index (χ0n) is 15.1. The van der Waals surface area contributed by atoms with E-state index < -0.39 is 0 Å². The summed E-state index contributed by atoms with van der Waals surface area (Å²) >= 11 is 0. The van der Waals surface area contributed by atoms with Gasteiger partial charge in [0.1, 0.15) is 0 Å².